The molecular formula is C19H25N5OS. The summed E-state index contributed by atoms with van der Waals surface area (Å²) in [7, 11) is 1.91. The topological polar surface area (TPSA) is 63.1 Å². The summed E-state index contributed by atoms with van der Waals surface area (Å²) in [6.45, 7) is 9.67. The number of hydrogen-bond donors (Lipinski definition) is 1. The van der Waals surface area contributed by atoms with Crippen molar-refractivity contribution in [3.8, 4) is 0 Å². The van der Waals surface area contributed by atoms with Crippen LogP contribution in [0.2, 0.25) is 0 Å². The van der Waals surface area contributed by atoms with Gasteiger partial charge in [-0.3, -0.25) is 9.48 Å². The molecule has 7 heteroatoms. The summed E-state index contributed by atoms with van der Waals surface area (Å²) in [5, 5.41) is 8.23. The number of hydrogen-bond acceptors (Lipinski definition) is 5. The minimum atomic E-state index is -0.0123. The quantitative estimate of drug-likeness (QED) is 0.724. The minimum Gasteiger partial charge on any atom is -0.353 e. The molecule has 26 heavy (non-hydrogen) atoms. The molecule has 1 amide bonds. The number of fused-ring (bicyclic) bond motifs is 1. The second-order valence-corrected chi connectivity index (χ2v) is 7.71. The molecule has 0 saturated heterocycles. The van der Waals surface area contributed by atoms with E-state index in [4.69, 9.17) is 4.98 Å². The molecule has 3 aromatic rings. The lowest BCUT2D eigenvalue weighted by atomic mass is 10.1. The summed E-state index contributed by atoms with van der Waals surface area (Å²) in [6.07, 6.45) is 0. The summed E-state index contributed by atoms with van der Waals surface area (Å²) < 4.78 is 3.11. The van der Waals surface area contributed by atoms with Gasteiger partial charge in [-0.2, -0.15) is 5.10 Å². The average Bonchev–Trinajstić information content (AvgIpc) is 3.16. The van der Waals surface area contributed by atoms with Crippen molar-refractivity contribution in [2.75, 3.05) is 25.0 Å². The lowest BCUT2D eigenvalue weighted by Crippen LogP contribution is -2.36. The van der Waals surface area contributed by atoms with Gasteiger partial charge in [0.05, 0.1) is 29.0 Å². The van der Waals surface area contributed by atoms with Gasteiger partial charge in [0.25, 0.3) is 0 Å². The summed E-state index contributed by atoms with van der Waals surface area (Å²) in [5.74, 6) is -0.0123. The normalized spacial score (nSPS) is 11.1. The van der Waals surface area contributed by atoms with Crippen LogP contribution < -0.4 is 10.2 Å². The van der Waals surface area contributed by atoms with Crippen LogP contribution in [0.5, 0.6) is 0 Å². The molecule has 0 aliphatic rings. The van der Waals surface area contributed by atoms with Crippen molar-refractivity contribution in [3.05, 3.63) is 40.7 Å². The van der Waals surface area contributed by atoms with E-state index in [0.29, 0.717) is 13.1 Å². The van der Waals surface area contributed by atoms with Crippen molar-refractivity contribution >= 4 is 32.6 Å². The number of carbonyl (C=O) groups is 1. The largest absolute Gasteiger partial charge is 0.353 e. The van der Waals surface area contributed by atoms with E-state index in [-0.39, 0.29) is 12.5 Å². The highest BCUT2D eigenvalue weighted by atomic mass is 32.1. The number of anilines is 1. The van der Waals surface area contributed by atoms with Crippen LogP contribution in [0.25, 0.3) is 10.2 Å². The Bertz CT molecular complexity index is 904. The number of benzene rings is 1. The van der Waals surface area contributed by atoms with Crippen LogP contribution in [0.4, 0.5) is 5.13 Å². The van der Waals surface area contributed by atoms with Crippen LogP contribution in [-0.4, -0.2) is 40.8 Å². The number of likely N-dealkylation sites (N-methyl/N-ethyl adjacent to an activating group) is 1. The zero-order chi connectivity index (χ0) is 18.8. The second kappa shape index (κ2) is 7.45. The van der Waals surface area contributed by atoms with Crippen LogP contribution >= 0.6 is 11.3 Å². The van der Waals surface area contributed by atoms with Gasteiger partial charge in [0.1, 0.15) is 0 Å². The smallest absolute Gasteiger partial charge is 0.239 e. The van der Waals surface area contributed by atoms with Crippen molar-refractivity contribution in [2.45, 2.75) is 34.2 Å². The molecule has 0 aliphatic carbocycles. The highest BCUT2D eigenvalue weighted by Gasteiger charge is 2.14. The predicted molar refractivity (Wildman–Crippen MR) is 107 cm³/mol. The van der Waals surface area contributed by atoms with E-state index in [9.17, 15) is 4.79 Å². The maximum atomic E-state index is 12.3. The fraction of sp³-hybridized carbons (Fsp3) is 0.421. The molecule has 0 aliphatic heterocycles. The van der Waals surface area contributed by atoms with Gasteiger partial charge in [0.15, 0.2) is 5.13 Å². The molecule has 1 N–H and O–H groups in total. The number of carbonyl (C=O) groups excluding carboxylic acids is 1. The van der Waals surface area contributed by atoms with E-state index in [0.717, 1.165) is 27.6 Å². The van der Waals surface area contributed by atoms with Gasteiger partial charge >= 0.3 is 0 Å². The number of nitrogens with zero attached hydrogens (tertiary/aromatic N) is 4. The van der Waals surface area contributed by atoms with Crippen molar-refractivity contribution in [1.82, 2.24) is 20.1 Å². The number of thiazole rings is 1. The number of aromatic nitrogens is 3. The van der Waals surface area contributed by atoms with Gasteiger partial charge in [-0.05, 0) is 44.9 Å². The Morgan fingerprint density at radius 1 is 1.23 bits per heavy atom. The first-order valence-corrected chi connectivity index (χ1v) is 9.52. The van der Waals surface area contributed by atoms with Crippen molar-refractivity contribution in [1.29, 1.82) is 0 Å². The first-order valence-electron chi connectivity index (χ1n) is 8.71. The van der Waals surface area contributed by atoms with Gasteiger partial charge in [-0.1, -0.05) is 23.5 Å². The lowest BCUT2D eigenvalue weighted by Gasteiger charge is -2.15. The Balaban J connectivity index is 1.58. The summed E-state index contributed by atoms with van der Waals surface area (Å²) in [6, 6.07) is 6.24. The highest BCUT2D eigenvalue weighted by molar-refractivity contribution is 7.22. The van der Waals surface area contributed by atoms with Crippen LogP contribution in [0.3, 0.4) is 0 Å². The molecule has 0 unspecified atom stereocenters. The summed E-state index contributed by atoms with van der Waals surface area (Å²) >= 11 is 1.63. The first-order chi connectivity index (χ1) is 12.3. The number of amides is 1. The number of aryl methyl sites for hydroxylation is 4. The Hall–Kier alpha value is -2.41. The van der Waals surface area contributed by atoms with E-state index < -0.39 is 0 Å². The Labute approximate surface area is 157 Å². The van der Waals surface area contributed by atoms with Gasteiger partial charge < -0.3 is 10.2 Å². The Morgan fingerprint density at radius 2 is 1.96 bits per heavy atom. The summed E-state index contributed by atoms with van der Waals surface area (Å²) in [5.41, 5.74) is 5.51. The van der Waals surface area contributed by atoms with Crippen LogP contribution in [0.15, 0.2) is 18.2 Å². The molecule has 2 aromatic heterocycles. The monoisotopic (exact) mass is 371 g/mol. The highest BCUT2D eigenvalue weighted by Crippen LogP contribution is 2.32. The standard InChI is InChI=1S/C19H25N5OS/c1-12-6-7-13(2)18-17(12)21-19(26-18)23(5)11-16(25)20-8-9-24-15(4)10-14(3)22-24/h6-7,10H,8-9,11H2,1-5H3,(H,20,25). The van der Waals surface area contributed by atoms with E-state index in [1.165, 1.54) is 10.3 Å². The van der Waals surface area contributed by atoms with Crippen molar-refractivity contribution < 1.29 is 4.79 Å². The maximum absolute atomic E-state index is 12.3. The number of nitrogens with one attached hydrogen (secondary N) is 1. The van der Waals surface area contributed by atoms with Gasteiger partial charge in [-0.25, -0.2) is 4.98 Å². The zero-order valence-corrected chi connectivity index (χ0v) is 16.8. The van der Waals surface area contributed by atoms with Gasteiger partial charge in [-0.15, -0.1) is 0 Å². The van der Waals surface area contributed by atoms with Crippen molar-refractivity contribution in [2.24, 2.45) is 0 Å². The van der Waals surface area contributed by atoms with Crippen LogP contribution in [0, 0.1) is 27.7 Å². The molecule has 0 radical (unpaired) electrons. The third kappa shape index (κ3) is 3.88. The molecule has 0 bridgehead atoms. The summed E-state index contributed by atoms with van der Waals surface area (Å²) in [4.78, 5) is 18.9. The molecule has 1 aromatic carbocycles. The molecule has 0 spiro atoms. The van der Waals surface area contributed by atoms with E-state index in [1.54, 1.807) is 11.3 Å². The molecule has 0 saturated carbocycles. The average molecular weight is 372 g/mol. The fourth-order valence-corrected chi connectivity index (χ4v) is 4.02. The Morgan fingerprint density at radius 3 is 2.62 bits per heavy atom. The van der Waals surface area contributed by atoms with Gasteiger partial charge in [0.2, 0.25) is 5.91 Å². The van der Waals surface area contributed by atoms with E-state index in [1.807, 2.05) is 36.5 Å². The molecule has 138 valence electrons. The second-order valence-electron chi connectivity index (χ2n) is 6.73. The van der Waals surface area contributed by atoms with E-state index >= 15 is 0 Å². The first kappa shape index (κ1) is 18.4. The maximum Gasteiger partial charge on any atom is 0.239 e. The molecular weight excluding hydrogens is 346 g/mol. The third-order valence-electron chi connectivity index (χ3n) is 4.39. The van der Waals surface area contributed by atoms with E-state index in [2.05, 4.69) is 36.4 Å². The molecule has 0 fully saturated rings. The Kier molecular flexibility index (Phi) is 5.27. The third-order valence-corrected chi connectivity index (χ3v) is 5.69. The lowest BCUT2D eigenvalue weighted by molar-refractivity contribution is -0.119. The van der Waals surface area contributed by atoms with Crippen LogP contribution in [0.1, 0.15) is 22.5 Å². The van der Waals surface area contributed by atoms with Crippen LogP contribution in [-0.2, 0) is 11.3 Å². The molecule has 0 atom stereocenters. The minimum absolute atomic E-state index is 0.0123. The number of rotatable bonds is 6. The molecule has 6 nitrogen and oxygen atoms in total. The zero-order valence-electron chi connectivity index (χ0n) is 16.0. The fourth-order valence-electron chi connectivity index (χ4n) is 2.95. The predicted octanol–water partition coefficient (Wildman–Crippen LogP) is 2.98. The molecule has 2 heterocycles. The van der Waals surface area contributed by atoms with Gasteiger partial charge in [0, 0.05) is 19.3 Å². The SMILES string of the molecule is Cc1cc(C)n(CCNC(=O)CN(C)c2nc3c(C)ccc(C)c3s2)n1. The molecule has 3 rings (SSSR count). The van der Waals surface area contributed by atoms with Crippen molar-refractivity contribution in [3.63, 3.8) is 0 Å².